The van der Waals surface area contributed by atoms with E-state index in [1.54, 1.807) is 24.5 Å². The maximum absolute atomic E-state index is 12.5. The van der Waals surface area contributed by atoms with Gasteiger partial charge in [-0.25, -0.2) is 23.4 Å². The molecular weight excluding hydrogens is 490 g/mol. The summed E-state index contributed by atoms with van der Waals surface area (Å²) in [5.41, 5.74) is 2.19. The summed E-state index contributed by atoms with van der Waals surface area (Å²) in [6.07, 6.45) is 10.9. The Kier molecular flexibility index (Phi) is 6.70. The number of nitrogens with one attached hydrogen (secondary N) is 1. The topological polar surface area (TPSA) is 126 Å². The second-order valence-corrected chi connectivity index (χ2v) is 11.8. The second kappa shape index (κ2) is 9.95. The number of aromatic nitrogens is 5. The van der Waals surface area contributed by atoms with Crippen LogP contribution in [0.4, 0.5) is 17.3 Å². The molecule has 0 aromatic carbocycles. The Morgan fingerprint density at radius 1 is 1.24 bits per heavy atom. The molecule has 0 spiro atoms. The van der Waals surface area contributed by atoms with Crippen molar-refractivity contribution >= 4 is 27.3 Å². The van der Waals surface area contributed by atoms with Crippen molar-refractivity contribution in [2.45, 2.75) is 37.9 Å². The highest BCUT2D eigenvalue weighted by Crippen LogP contribution is 2.34. The number of anilines is 3. The standard InChI is InChI=1S/C26H29N7O3S/c1-3-4-5-19-15-28-24(14-22(19)32-12-9-26(2,18-34)10-13-32)30-23-8-11-27-25(31-23)20-16-29-33(17-20)37(35,36)21-6-7-21/h3,8,11,14-17,21,34H,1,6-7,9-10,12-13,18H2,2H3,(H,27,28,30,31). The molecule has 2 N–H and O–H groups in total. The van der Waals surface area contributed by atoms with E-state index in [0.717, 1.165) is 41.3 Å². The first-order valence-electron chi connectivity index (χ1n) is 12.2. The van der Waals surface area contributed by atoms with Crippen LogP contribution in [0.1, 0.15) is 38.2 Å². The van der Waals surface area contributed by atoms with Crippen LogP contribution in [0, 0.1) is 17.3 Å². The predicted molar refractivity (Wildman–Crippen MR) is 142 cm³/mol. The number of pyridine rings is 1. The van der Waals surface area contributed by atoms with Crippen molar-refractivity contribution in [2.75, 3.05) is 29.9 Å². The van der Waals surface area contributed by atoms with E-state index in [1.807, 2.05) is 6.07 Å². The summed E-state index contributed by atoms with van der Waals surface area (Å²) in [7, 11) is -3.46. The molecule has 0 radical (unpaired) electrons. The zero-order valence-corrected chi connectivity index (χ0v) is 21.4. The average Bonchev–Trinajstić information content (AvgIpc) is 3.65. The van der Waals surface area contributed by atoms with Crippen molar-refractivity contribution in [1.82, 2.24) is 24.1 Å². The van der Waals surface area contributed by atoms with Crippen molar-refractivity contribution in [3.05, 3.63) is 55.1 Å². The fourth-order valence-corrected chi connectivity index (χ4v) is 5.70. The summed E-state index contributed by atoms with van der Waals surface area (Å²) in [6, 6.07) is 3.66. The number of rotatable bonds is 7. The molecule has 2 aliphatic rings. The van der Waals surface area contributed by atoms with E-state index in [9.17, 15) is 13.5 Å². The van der Waals surface area contributed by atoms with Crippen LogP contribution in [0.15, 0.2) is 49.6 Å². The Morgan fingerprint density at radius 2 is 2.03 bits per heavy atom. The molecule has 37 heavy (non-hydrogen) atoms. The normalized spacial score (nSPS) is 17.1. The highest BCUT2D eigenvalue weighted by Gasteiger charge is 2.37. The lowest BCUT2D eigenvalue weighted by molar-refractivity contribution is 0.115. The maximum atomic E-state index is 12.5. The van der Waals surface area contributed by atoms with Gasteiger partial charge in [-0.15, -0.1) is 0 Å². The number of hydrogen-bond acceptors (Lipinski definition) is 9. The minimum absolute atomic E-state index is 0.0687. The number of aliphatic hydroxyl groups excluding tert-OH is 1. The SMILES string of the molecule is C=CC#Cc1cnc(Nc2ccnc(-c3cnn(S(=O)(=O)C4CC4)c3)n2)cc1N1CCC(C)(CO)CC1. The van der Waals surface area contributed by atoms with Gasteiger partial charge in [0.05, 0.1) is 34.5 Å². The fraction of sp³-hybridized carbons (Fsp3) is 0.385. The molecule has 11 heteroatoms. The number of nitrogens with zero attached hydrogens (tertiary/aromatic N) is 6. The van der Waals surface area contributed by atoms with E-state index < -0.39 is 10.0 Å². The predicted octanol–water partition coefficient (Wildman–Crippen LogP) is 2.96. The highest BCUT2D eigenvalue weighted by atomic mass is 32.2. The van der Waals surface area contributed by atoms with E-state index >= 15 is 0 Å². The molecule has 0 amide bonds. The average molecular weight is 520 g/mol. The second-order valence-electron chi connectivity index (χ2n) is 9.75. The first kappa shape index (κ1) is 24.9. The van der Waals surface area contributed by atoms with Crippen molar-refractivity contribution in [1.29, 1.82) is 0 Å². The molecule has 3 aromatic heterocycles. The Labute approximate surface area is 216 Å². The van der Waals surface area contributed by atoms with Crippen LogP contribution in [0.3, 0.4) is 0 Å². The summed E-state index contributed by atoms with van der Waals surface area (Å²) in [5, 5.41) is 16.6. The molecule has 1 aliphatic heterocycles. The molecule has 4 heterocycles. The van der Waals surface area contributed by atoms with Gasteiger partial charge in [0.15, 0.2) is 5.82 Å². The molecule has 0 unspecified atom stereocenters. The van der Waals surface area contributed by atoms with Crippen molar-refractivity contribution in [3.63, 3.8) is 0 Å². The van der Waals surface area contributed by atoms with Crippen LogP contribution in [0.25, 0.3) is 11.4 Å². The zero-order valence-electron chi connectivity index (χ0n) is 20.6. The van der Waals surface area contributed by atoms with Gasteiger partial charge >= 0.3 is 0 Å². The van der Waals surface area contributed by atoms with E-state index in [0.29, 0.717) is 35.9 Å². The van der Waals surface area contributed by atoms with Gasteiger partial charge in [-0.1, -0.05) is 25.3 Å². The highest BCUT2D eigenvalue weighted by molar-refractivity contribution is 7.90. The largest absolute Gasteiger partial charge is 0.396 e. The lowest BCUT2D eigenvalue weighted by Gasteiger charge is -2.39. The molecule has 10 nitrogen and oxygen atoms in total. The Morgan fingerprint density at radius 3 is 2.73 bits per heavy atom. The van der Waals surface area contributed by atoms with Gasteiger partial charge in [-0.05, 0) is 43.2 Å². The van der Waals surface area contributed by atoms with Gasteiger partial charge in [0.25, 0.3) is 10.0 Å². The van der Waals surface area contributed by atoms with Crippen molar-refractivity contribution in [2.24, 2.45) is 5.41 Å². The van der Waals surface area contributed by atoms with Gasteiger partial charge in [0, 0.05) is 38.2 Å². The molecular formula is C26H29N7O3S. The molecule has 192 valence electrons. The molecule has 1 saturated heterocycles. The minimum atomic E-state index is -3.46. The summed E-state index contributed by atoms with van der Waals surface area (Å²) >= 11 is 0. The van der Waals surface area contributed by atoms with E-state index in [1.165, 1.54) is 12.4 Å². The third-order valence-corrected chi connectivity index (χ3v) is 8.86. The third kappa shape index (κ3) is 5.35. The fourth-order valence-electron chi connectivity index (χ4n) is 4.22. The number of aliphatic hydroxyl groups is 1. The Bertz CT molecular complexity index is 1480. The van der Waals surface area contributed by atoms with Gasteiger partial charge in [0.2, 0.25) is 0 Å². The van der Waals surface area contributed by atoms with Crippen LogP contribution in [0.2, 0.25) is 0 Å². The van der Waals surface area contributed by atoms with Crippen LogP contribution >= 0.6 is 0 Å². The van der Waals surface area contributed by atoms with E-state index in [-0.39, 0.29) is 17.3 Å². The summed E-state index contributed by atoms with van der Waals surface area (Å²) in [4.78, 5) is 15.6. The Balaban J connectivity index is 1.38. The first-order chi connectivity index (χ1) is 17.8. The lowest BCUT2D eigenvalue weighted by Crippen LogP contribution is -2.40. The zero-order chi connectivity index (χ0) is 26.0. The lowest BCUT2D eigenvalue weighted by atomic mass is 9.81. The van der Waals surface area contributed by atoms with E-state index in [4.69, 9.17) is 0 Å². The van der Waals surface area contributed by atoms with Crippen LogP contribution in [0.5, 0.6) is 0 Å². The molecule has 3 aromatic rings. The Hall–Kier alpha value is -3.75. The third-order valence-electron chi connectivity index (χ3n) is 6.82. The number of allylic oxidation sites excluding steroid dienone is 1. The van der Waals surface area contributed by atoms with Gasteiger partial charge < -0.3 is 15.3 Å². The van der Waals surface area contributed by atoms with Gasteiger partial charge in [0.1, 0.15) is 11.6 Å². The van der Waals surface area contributed by atoms with E-state index in [2.05, 4.69) is 55.6 Å². The summed E-state index contributed by atoms with van der Waals surface area (Å²) in [5.74, 6) is 7.47. The van der Waals surface area contributed by atoms with Crippen LogP contribution in [-0.2, 0) is 10.0 Å². The molecule has 5 rings (SSSR count). The van der Waals surface area contributed by atoms with Crippen molar-refractivity contribution < 1.29 is 13.5 Å². The smallest absolute Gasteiger partial charge is 0.256 e. The van der Waals surface area contributed by atoms with Crippen LogP contribution < -0.4 is 10.2 Å². The molecule has 0 bridgehead atoms. The monoisotopic (exact) mass is 519 g/mol. The maximum Gasteiger partial charge on any atom is 0.256 e. The minimum Gasteiger partial charge on any atom is -0.396 e. The summed E-state index contributed by atoms with van der Waals surface area (Å²) in [6.45, 7) is 7.57. The summed E-state index contributed by atoms with van der Waals surface area (Å²) < 4.78 is 25.9. The quantitative estimate of drug-likeness (QED) is 0.453. The van der Waals surface area contributed by atoms with Gasteiger partial charge in [-0.3, -0.25) is 0 Å². The van der Waals surface area contributed by atoms with Crippen LogP contribution in [-0.4, -0.2) is 62.6 Å². The van der Waals surface area contributed by atoms with Crippen molar-refractivity contribution in [3.8, 4) is 23.2 Å². The van der Waals surface area contributed by atoms with Gasteiger partial charge in [-0.2, -0.15) is 9.19 Å². The molecule has 2 fully saturated rings. The molecule has 0 atom stereocenters. The number of hydrogen-bond donors (Lipinski definition) is 2. The first-order valence-corrected chi connectivity index (χ1v) is 13.7. The molecule has 1 aliphatic carbocycles. The molecule has 1 saturated carbocycles. The number of piperidine rings is 1.